The first-order chi connectivity index (χ1) is 10.2. The number of rotatable bonds is 4. The van der Waals surface area contributed by atoms with E-state index in [-0.39, 0.29) is 0 Å². The number of phenols is 1. The predicted molar refractivity (Wildman–Crippen MR) is 79.9 cm³/mol. The minimum Gasteiger partial charge on any atom is -0.507 e. The van der Waals surface area contributed by atoms with Gasteiger partial charge in [0.25, 0.3) is 0 Å². The molecule has 2 N–H and O–H groups in total. The van der Waals surface area contributed by atoms with Gasteiger partial charge in [0.2, 0.25) is 12.3 Å². The smallest absolute Gasteiger partial charge is 0.247 e. The van der Waals surface area contributed by atoms with Gasteiger partial charge in [-0.3, -0.25) is 0 Å². The van der Waals surface area contributed by atoms with Gasteiger partial charge in [-0.1, -0.05) is 18.2 Å². The van der Waals surface area contributed by atoms with Gasteiger partial charge in [0.15, 0.2) is 0 Å². The van der Waals surface area contributed by atoms with Crippen LogP contribution in [0.1, 0.15) is 11.1 Å². The molecule has 21 heavy (non-hydrogen) atoms. The van der Waals surface area contributed by atoms with E-state index in [4.69, 9.17) is 4.42 Å². The molecule has 0 saturated carbocycles. The third-order valence-corrected chi connectivity index (χ3v) is 3.30. The van der Waals surface area contributed by atoms with E-state index in [2.05, 4.69) is 15.5 Å². The first kappa shape index (κ1) is 13.2. The van der Waals surface area contributed by atoms with E-state index in [1.54, 1.807) is 0 Å². The van der Waals surface area contributed by atoms with Crippen LogP contribution in [0.3, 0.4) is 0 Å². The van der Waals surface area contributed by atoms with Crippen molar-refractivity contribution in [3.8, 4) is 17.2 Å². The quantitative estimate of drug-likeness (QED) is 0.767. The maximum atomic E-state index is 9.98. The molecular weight excluding hydrogens is 266 g/mol. The predicted octanol–water partition coefficient (Wildman–Crippen LogP) is 3.36. The molecule has 0 aliphatic carbocycles. The van der Waals surface area contributed by atoms with E-state index in [0.717, 1.165) is 22.4 Å². The van der Waals surface area contributed by atoms with Gasteiger partial charge in [-0.15, -0.1) is 10.2 Å². The molecule has 0 radical (unpaired) electrons. The number of hydrogen-bond donors (Lipinski definition) is 2. The number of anilines is 1. The van der Waals surface area contributed by atoms with Crippen molar-refractivity contribution < 1.29 is 9.52 Å². The van der Waals surface area contributed by atoms with Crippen LogP contribution in [0.2, 0.25) is 0 Å². The van der Waals surface area contributed by atoms with Gasteiger partial charge in [0.05, 0.1) is 0 Å². The molecule has 0 bridgehead atoms. The van der Waals surface area contributed by atoms with Crippen molar-refractivity contribution >= 4 is 5.69 Å². The van der Waals surface area contributed by atoms with Crippen molar-refractivity contribution in [2.24, 2.45) is 0 Å². The molecule has 1 heterocycles. The Labute approximate surface area is 122 Å². The normalized spacial score (nSPS) is 10.5. The van der Waals surface area contributed by atoms with E-state index >= 15 is 0 Å². The van der Waals surface area contributed by atoms with Crippen LogP contribution in [0, 0.1) is 6.92 Å². The summed E-state index contributed by atoms with van der Waals surface area (Å²) < 4.78 is 5.14. The molecule has 5 heteroatoms. The molecular formula is C16H15N3O2. The Bertz CT molecular complexity index is 722. The maximum Gasteiger partial charge on any atom is 0.247 e. The molecule has 0 spiro atoms. The average Bonchev–Trinajstić information content (AvgIpc) is 3.04. The Hall–Kier alpha value is -2.82. The second-order valence-electron chi connectivity index (χ2n) is 4.76. The lowest BCUT2D eigenvalue weighted by Crippen LogP contribution is -2.00. The molecule has 0 aliphatic rings. The summed E-state index contributed by atoms with van der Waals surface area (Å²) in [5.41, 5.74) is 3.58. The van der Waals surface area contributed by atoms with E-state index in [1.807, 2.05) is 49.4 Å². The van der Waals surface area contributed by atoms with Crippen LogP contribution in [0.25, 0.3) is 11.5 Å². The summed E-state index contributed by atoms with van der Waals surface area (Å²) in [5, 5.41) is 20.8. The third kappa shape index (κ3) is 2.86. The summed E-state index contributed by atoms with van der Waals surface area (Å²) in [6, 6.07) is 13.4. The second kappa shape index (κ2) is 5.66. The van der Waals surface area contributed by atoms with Crippen LogP contribution < -0.4 is 5.32 Å². The number of nitrogens with zero attached hydrogens (tertiary/aromatic N) is 2. The van der Waals surface area contributed by atoms with E-state index < -0.39 is 0 Å². The minimum absolute atomic E-state index is 0.340. The highest BCUT2D eigenvalue weighted by Gasteiger charge is 2.05. The first-order valence-corrected chi connectivity index (χ1v) is 6.62. The molecule has 0 unspecified atom stereocenters. The number of aryl methyl sites for hydroxylation is 1. The van der Waals surface area contributed by atoms with Crippen LogP contribution in [-0.4, -0.2) is 15.3 Å². The summed E-state index contributed by atoms with van der Waals surface area (Å²) in [6.45, 7) is 2.45. The first-order valence-electron chi connectivity index (χ1n) is 6.62. The number of aromatic hydroxyl groups is 1. The molecule has 5 nitrogen and oxygen atoms in total. The number of nitrogens with one attached hydrogen (secondary N) is 1. The largest absolute Gasteiger partial charge is 0.507 e. The highest BCUT2D eigenvalue weighted by atomic mass is 16.4. The van der Waals surface area contributed by atoms with Crippen molar-refractivity contribution in [2.75, 3.05) is 5.32 Å². The van der Waals surface area contributed by atoms with Crippen LogP contribution >= 0.6 is 0 Å². The number of benzene rings is 2. The van der Waals surface area contributed by atoms with Crippen LogP contribution in [-0.2, 0) is 6.54 Å². The summed E-state index contributed by atoms with van der Waals surface area (Å²) in [5.74, 6) is 0.838. The van der Waals surface area contributed by atoms with Gasteiger partial charge in [0, 0.05) is 23.4 Å². The Balaban J connectivity index is 1.70. The van der Waals surface area contributed by atoms with Crippen LogP contribution in [0.5, 0.6) is 5.75 Å². The van der Waals surface area contributed by atoms with E-state index in [0.29, 0.717) is 18.2 Å². The molecule has 0 aliphatic heterocycles. The van der Waals surface area contributed by atoms with Crippen molar-refractivity contribution in [2.45, 2.75) is 13.5 Å². The molecule has 0 amide bonds. The highest BCUT2D eigenvalue weighted by Crippen LogP contribution is 2.23. The SMILES string of the molecule is Cc1cccc(CNc2ccc(-c3nnco3)cc2)c1O. The van der Waals surface area contributed by atoms with Gasteiger partial charge >= 0.3 is 0 Å². The zero-order valence-corrected chi connectivity index (χ0v) is 11.6. The Morgan fingerprint density at radius 1 is 1.14 bits per heavy atom. The molecule has 0 saturated heterocycles. The fourth-order valence-electron chi connectivity index (χ4n) is 2.09. The monoisotopic (exact) mass is 281 g/mol. The lowest BCUT2D eigenvalue weighted by molar-refractivity contribution is 0.465. The Morgan fingerprint density at radius 3 is 2.67 bits per heavy atom. The standard InChI is InChI=1S/C16H15N3O2/c1-11-3-2-4-13(15(11)20)9-17-14-7-5-12(6-8-14)16-19-18-10-21-16/h2-8,10,17,20H,9H2,1H3. The summed E-state index contributed by atoms with van der Waals surface area (Å²) in [7, 11) is 0. The lowest BCUT2D eigenvalue weighted by Gasteiger charge is -2.10. The zero-order valence-electron chi connectivity index (χ0n) is 11.6. The van der Waals surface area contributed by atoms with Crippen molar-refractivity contribution in [1.29, 1.82) is 0 Å². The van der Waals surface area contributed by atoms with Gasteiger partial charge in [0.1, 0.15) is 5.75 Å². The van der Waals surface area contributed by atoms with E-state index in [1.165, 1.54) is 6.39 Å². The minimum atomic E-state index is 0.340. The van der Waals surface area contributed by atoms with Crippen molar-refractivity contribution in [1.82, 2.24) is 10.2 Å². The zero-order chi connectivity index (χ0) is 14.7. The molecule has 1 aromatic heterocycles. The van der Waals surface area contributed by atoms with Crippen molar-refractivity contribution in [3.05, 3.63) is 60.0 Å². The molecule has 3 aromatic rings. The lowest BCUT2D eigenvalue weighted by atomic mass is 10.1. The second-order valence-corrected chi connectivity index (χ2v) is 4.76. The van der Waals surface area contributed by atoms with Crippen LogP contribution in [0.15, 0.2) is 53.3 Å². The Morgan fingerprint density at radius 2 is 1.95 bits per heavy atom. The molecule has 106 valence electrons. The number of hydrogen-bond acceptors (Lipinski definition) is 5. The molecule has 0 fully saturated rings. The average molecular weight is 281 g/mol. The van der Waals surface area contributed by atoms with Gasteiger partial charge < -0.3 is 14.8 Å². The summed E-state index contributed by atoms with van der Waals surface area (Å²) in [6.07, 6.45) is 1.31. The van der Waals surface area contributed by atoms with Crippen LogP contribution in [0.4, 0.5) is 5.69 Å². The number of phenolic OH excluding ortho intramolecular Hbond substituents is 1. The molecule has 2 aromatic carbocycles. The van der Waals surface area contributed by atoms with E-state index in [9.17, 15) is 5.11 Å². The number of aromatic nitrogens is 2. The fourth-order valence-corrected chi connectivity index (χ4v) is 2.09. The highest BCUT2D eigenvalue weighted by molar-refractivity contribution is 5.58. The Kier molecular flexibility index (Phi) is 3.55. The fraction of sp³-hybridized carbons (Fsp3) is 0.125. The third-order valence-electron chi connectivity index (χ3n) is 3.30. The van der Waals surface area contributed by atoms with Crippen molar-refractivity contribution in [3.63, 3.8) is 0 Å². The van der Waals surface area contributed by atoms with Gasteiger partial charge in [-0.2, -0.15) is 0 Å². The summed E-state index contributed by atoms with van der Waals surface area (Å²) in [4.78, 5) is 0. The maximum absolute atomic E-state index is 9.98. The van der Waals surface area contributed by atoms with Gasteiger partial charge in [-0.05, 0) is 36.8 Å². The summed E-state index contributed by atoms with van der Waals surface area (Å²) >= 11 is 0. The number of para-hydroxylation sites is 1. The molecule has 0 atom stereocenters. The molecule has 3 rings (SSSR count). The van der Waals surface area contributed by atoms with Gasteiger partial charge in [-0.25, -0.2) is 0 Å². The topological polar surface area (TPSA) is 71.2 Å².